The van der Waals surface area contributed by atoms with E-state index in [1.54, 1.807) is 6.07 Å². The van der Waals surface area contributed by atoms with Crippen LogP contribution >= 0.6 is 0 Å². The van der Waals surface area contributed by atoms with Crippen molar-refractivity contribution in [1.29, 1.82) is 0 Å². The monoisotopic (exact) mass is 262 g/mol. The second kappa shape index (κ2) is 4.33. The third-order valence-corrected chi connectivity index (χ3v) is 3.90. The normalized spacial score (nSPS) is 22.4. The molecule has 1 atom stereocenters. The molecule has 1 fully saturated rings. The molecule has 0 aromatic heterocycles. The second-order valence-electron chi connectivity index (χ2n) is 5.17. The van der Waals surface area contributed by atoms with E-state index in [1.165, 1.54) is 6.07 Å². The Morgan fingerprint density at radius 2 is 2.11 bits per heavy atom. The standard InChI is InChI=1S/C14H15FN2O2/c1-8-4-2-3-5-17(8)12-7-11-9(6-10(12)15)13(18)14(19)16-11/h6-8H,2-5H2,1H3,(H,16,18,19). The summed E-state index contributed by atoms with van der Waals surface area (Å²) >= 11 is 0. The SMILES string of the molecule is CC1CCCCN1c1cc2c(cc1F)C(=O)C(=O)N2. The Morgan fingerprint density at radius 3 is 2.84 bits per heavy atom. The fraction of sp³-hybridized carbons (Fsp3) is 0.429. The molecule has 3 rings (SSSR count). The Kier molecular flexibility index (Phi) is 2.77. The van der Waals surface area contributed by atoms with Crippen LogP contribution < -0.4 is 10.2 Å². The van der Waals surface area contributed by atoms with Gasteiger partial charge < -0.3 is 10.2 Å². The molecule has 1 amide bonds. The minimum absolute atomic E-state index is 0.135. The maximum absolute atomic E-state index is 14.2. The van der Waals surface area contributed by atoms with Crippen LogP contribution in [0.25, 0.3) is 0 Å². The first-order valence-corrected chi connectivity index (χ1v) is 6.54. The predicted octanol–water partition coefficient (Wildman–Crippen LogP) is 2.34. The minimum atomic E-state index is -0.682. The van der Waals surface area contributed by atoms with Crippen LogP contribution in [-0.2, 0) is 4.79 Å². The van der Waals surface area contributed by atoms with Gasteiger partial charge in [-0.1, -0.05) is 0 Å². The molecule has 0 radical (unpaired) electrons. The number of rotatable bonds is 1. The minimum Gasteiger partial charge on any atom is -0.366 e. The number of Topliss-reactive ketones (excluding diaryl/α,β-unsaturated/α-hetero) is 1. The van der Waals surface area contributed by atoms with Gasteiger partial charge in [-0.3, -0.25) is 9.59 Å². The molecule has 19 heavy (non-hydrogen) atoms. The average molecular weight is 262 g/mol. The number of nitrogens with one attached hydrogen (secondary N) is 1. The topological polar surface area (TPSA) is 49.4 Å². The van der Waals surface area contributed by atoms with E-state index in [0.29, 0.717) is 11.4 Å². The van der Waals surface area contributed by atoms with Crippen LogP contribution in [0.5, 0.6) is 0 Å². The summed E-state index contributed by atoms with van der Waals surface area (Å²) in [6.07, 6.45) is 3.22. The number of carbonyl (C=O) groups is 2. The number of benzene rings is 1. The van der Waals surface area contributed by atoms with Crippen molar-refractivity contribution in [3.63, 3.8) is 0 Å². The highest BCUT2D eigenvalue weighted by Crippen LogP contribution is 2.34. The van der Waals surface area contributed by atoms with Crippen molar-refractivity contribution in [3.05, 3.63) is 23.5 Å². The molecule has 0 spiro atoms. The second-order valence-corrected chi connectivity index (χ2v) is 5.17. The lowest BCUT2D eigenvalue weighted by molar-refractivity contribution is -0.112. The third-order valence-electron chi connectivity index (χ3n) is 3.90. The van der Waals surface area contributed by atoms with Gasteiger partial charge in [0.2, 0.25) is 0 Å². The van der Waals surface area contributed by atoms with Gasteiger partial charge in [0.15, 0.2) is 0 Å². The first-order valence-electron chi connectivity index (χ1n) is 6.54. The van der Waals surface area contributed by atoms with Gasteiger partial charge in [0.1, 0.15) is 5.82 Å². The van der Waals surface area contributed by atoms with E-state index in [1.807, 2.05) is 4.90 Å². The smallest absolute Gasteiger partial charge is 0.296 e. The van der Waals surface area contributed by atoms with Gasteiger partial charge in [-0.15, -0.1) is 0 Å². The van der Waals surface area contributed by atoms with Crippen LogP contribution in [0, 0.1) is 5.82 Å². The van der Waals surface area contributed by atoms with Crippen LogP contribution in [0.3, 0.4) is 0 Å². The summed E-state index contributed by atoms with van der Waals surface area (Å²) in [5.41, 5.74) is 1.03. The zero-order valence-corrected chi connectivity index (χ0v) is 10.7. The molecule has 5 heteroatoms. The Morgan fingerprint density at radius 1 is 1.32 bits per heavy atom. The van der Waals surface area contributed by atoms with Crippen molar-refractivity contribution >= 4 is 23.1 Å². The molecule has 0 bridgehead atoms. The highest BCUT2D eigenvalue weighted by atomic mass is 19.1. The van der Waals surface area contributed by atoms with Crippen molar-refractivity contribution < 1.29 is 14.0 Å². The van der Waals surface area contributed by atoms with Crippen molar-refractivity contribution in [3.8, 4) is 0 Å². The first kappa shape index (κ1) is 12.1. The van der Waals surface area contributed by atoms with Crippen molar-refractivity contribution in [1.82, 2.24) is 0 Å². The molecular formula is C14H15FN2O2. The Bertz CT molecular complexity index is 571. The van der Waals surface area contributed by atoms with Crippen molar-refractivity contribution in [2.45, 2.75) is 32.2 Å². The molecule has 1 aromatic carbocycles. The Hall–Kier alpha value is -1.91. The largest absolute Gasteiger partial charge is 0.366 e. The first-order chi connectivity index (χ1) is 9.08. The molecule has 2 aliphatic heterocycles. The summed E-state index contributed by atoms with van der Waals surface area (Å²) < 4.78 is 14.2. The number of halogens is 1. The average Bonchev–Trinajstić information content (AvgIpc) is 2.66. The summed E-state index contributed by atoms with van der Waals surface area (Å²) in [7, 11) is 0. The molecule has 2 aliphatic rings. The number of fused-ring (bicyclic) bond motifs is 1. The fourth-order valence-corrected chi connectivity index (χ4v) is 2.83. The van der Waals surface area contributed by atoms with E-state index < -0.39 is 17.5 Å². The van der Waals surface area contributed by atoms with E-state index in [2.05, 4.69) is 12.2 Å². The Labute approximate surface area is 110 Å². The van der Waals surface area contributed by atoms with E-state index >= 15 is 0 Å². The number of carbonyl (C=O) groups excluding carboxylic acids is 2. The van der Waals surface area contributed by atoms with Crippen LogP contribution in [0.1, 0.15) is 36.5 Å². The summed E-state index contributed by atoms with van der Waals surface area (Å²) in [5.74, 6) is -1.78. The maximum atomic E-state index is 14.2. The fourth-order valence-electron chi connectivity index (χ4n) is 2.83. The van der Waals surface area contributed by atoms with Crippen molar-refractivity contribution in [2.75, 3.05) is 16.8 Å². The summed E-state index contributed by atoms with van der Waals surface area (Å²) in [5, 5.41) is 2.49. The molecule has 1 saturated heterocycles. The van der Waals surface area contributed by atoms with Crippen LogP contribution in [0.4, 0.5) is 15.8 Å². The number of hydrogen-bond acceptors (Lipinski definition) is 3. The predicted molar refractivity (Wildman–Crippen MR) is 70.0 cm³/mol. The van der Waals surface area contributed by atoms with Gasteiger partial charge in [-0.25, -0.2) is 4.39 Å². The van der Waals surface area contributed by atoms with Gasteiger partial charge in [-0.2, -0.15) is 0 Å². The van der Waals surface area contributed by atoms with Crippen molar-refractivity contribution in [2.24, 2.45) is 0 Å². The van der Waals surface area contributed by atoms with Gasteiger partial charge in [0.05, 0.1) is 16.9 Å². The van der Waals surface area contributed by atoms with Gasteiger partial charge in [0, 0.05) is 12.6 Å². The summed E-state index contributed by atoms with van der Waals surface area (Å²) in [6, 6.07) is 3.02. The highest BCUT2D eigenvalue weighted by Gasteiger charge is 2.31. The molecule has 4 nitrogen and oxygen atoms in total. The molecule has 0 aliphatic carbocycles. The number of ketones is 1. The maximum Gasteiger partial charge on any atom is 0.296 e. The lowest BCUT2D eigenvalue weighted by Gasteiger charge is -2.35. The van der Waals surface area contributed by atoms with Gasteiger partial charge in [0.25, 0.3) is 11.7 Å². The molecule has 2 heterocycles. The molecule has 100 valence electrons. The van der Waals surface area contributed by atoms with Crippen LogP contribution in [-0.4, -0.2) is 24.3 Å². The molecular weight excluding hydrogens is 247 g/mol. The summed E-state index contributed by atoms with van der Waals surface area (Å²) in [6.45, 7) is 2.87. The number of piperidine rings is 1. The third kappa shape index (κ3) is 1.89. The zero-order valence-electron chi connectivity index (χ0n) is 10.7. The van der Waals surface area contributed by atoms with Gasteiger partial charge >= 0.3 is 0 Å². The number of amides is 1. The number of nitrogens with zero attached hydrogens (tertiary/aromatic N) is 1. The number of hydrogen-bond donors (Lipinski definition) is 1. The lowest BCUT2D eigenvalue weighted by atomic mass is 10.0. The van der Waals surface area contributed by atoms with E-state index in [9.17, 15) is 14.0 Å². The molecule has 1 N–H and O–H groups in total. The number of anilines is 2. The lowest BCUT2D eigenvalue weighted by Crippen LogP contribution is -2.38. The zero-order chi connectivity index (χ0) is 13.6. The van der Waals surface area contributed by atoms with E-state index in [4.69, 9.17) is 0 Å². The molecule has 1 unspecified atom stereocenters. The van der Waals surface area contributed by atoms with Gasteiger partial charge in [-0.05, 0) is 38.3 Å². The summed E-state index contributed by atoms with van der Waals surface area (Å²) in [4.78, 5) is 24.8. The Balaban J connectivity index is 2.02. The van der Waals surface area contributed by atoms with E-state index in [-0.39, 0.29) is 11.6 Å². The molecule has 0 saturated carbocycles. The van der Waals surface area contributed by atoms with Crippen LogP contribution in [0.2, 0.25) is 0 Å². The van der Waals surface area contributed by atoms with Crippen LogP contribution in [0.15, 0.2) is 12.1 Å². The molecule has 1 aromatic rings. The quantitative estimate of drug-likeness (QED) is 0.790. The van der Waals surface area contributed by atoms with E-state index in [0.717, 1.165) is 25.8 Å². The highest BCUT2D eigenvalue weighted by molar-refractivity contribution is 6.51.